The molecular weight excluding hydrogens is 400 g/mol. The van der Waals surface area contributed by atoms with Crippen LogP contribution in [0.2, 0.25) is 0 Å². The summed E-state index contributed by atoms with van der Waals surface area (Å²) in [7, 11) is 0. The van der Waals surface area contributed by atoms with Crippen LogP contribution in [0.15, 0.2) is 36.7 Å². The molecule has 0 fully saturated rings. The molecule has 11 heteroatoms. The van der Waals surface area contributed by atoms with Gasteiger partial charge in [0.25, 0.3) is 5.91 Å². The first-order chi connectivity index (χ1) is 14.0. The van der Waals surface area contributed by atoms with E-state index in [1.165, 1.54) is 22.3 Å². The summed E-state index contributed by atoms with van der Waals surface area (Å²) in [5, 5.41) is 4.23. The van der Waals surface area contributed by atoms with E-state index in [1.807, 2.05) is 24.3 Å². The zero-order valence-corrected chi connectivity index (χ0v) is 15.7. The zero-order valence-electron chi connectivity index (χ0n) is 14.9. The van der Waals surface area contributed by atoms with Gasteiger partial charge in [0.15, 0.2) is 0 Å². The first-order valence-corrected chi connectivity index (χ1v) is 9.66. The second kappa shape index (κ2) is 6.62. The van der Waals surface area contributed by atoms with Crippen LogP contribution in [-0.4, -0.2) is 42.1 Å². The lowest BCUT2D eigenvalue weighted by Crippen LogP contribution is -2.41. The van der Waals surface area contributed by atoms with Crippen molar-refractivity contribution in [3.05, 3.63) is 58.7 Å². The lowest BCUT2D eigenvalue weighted by atomic mass is 10.0. The van der Waals surface area contributed by atoms with Gasteiger partial charge in [-0.05, 0) is 12.1 Å². The highest BCUT2D eigenvalue weighted by Crippen LogP contribution is 2.38. The second-order valence-electron chi connectivity index (χ2n) is 6.61. The first kappa shape index (κ1) is 17.7. The molecular formula is C18H15F2N7OS. The van der Waals surface area contributed by atoms with Crippen LogP contribution in [-0.2, 0) is 6.42 Å². The number of carbonyl (C=O) groups is 1. The van der Waals surface area contributed by atoms with E-state index in [9.17, 15) is 13.6 Å². The van der Waals surface area contributed by atoms with Gasteiger partial charge < -0.3 is 15.6 Å². The number of benzene rings is 1. The molecule has 1 atom stereocenters. The summed E-state index contributed by atoms with van der Waals surface area (Å²) >= 11 is 1.45. The number of nitrogens with one attached hydrogen (secondary N) is 1. The molecule has 1 aliphatic heterocycles. The average Bonchev–Trinajstić information content (AvgIpc) is 3.43. The van der Waals surface area contributed by atoms with Crippen LogP contribution in [0.5, 0.6) is 0 Å². The van der Waals surface area contributed by atoms with Crippen molar-refractivity contribution >= 4 is 33.3 Å². The van der Waals surface area contributed by atoms with Crippen LogP contribution in [0.25, 0.3) is 10.2 Å². The average molecular weight is 415 g/mol. The lowest BCUT2D eigenvalue weighted by molar-refractivity contribution is 0.0444. The largest absolute Gasteiger partial charge is 0.382 e. The Hall–Kier alpha value is -3.34. The van der Waals surface area contributed by atoms with Crippen molar-refractivity contribution < 1.29 is 13.6 Å². The van der Waals surface area contributed by atoms with Crippen molar-refractivity contribution in [3.63, 3.8) is 0 Å². The van der Waals surface area contributed by atoms with E-state index in [2.05, 4.69) is 20.1 Å². The van der Waals surface area contributed by atoms with E-state index in [-0.39, 0.29) is 11.5 Å². The Bertz CT molecular complexity index is 1180. The predicted octanol–water partition coefficient (Wildman–Crippen LogP) is 2.98. The molecule has 1 aliphatic rings. The Morgan fingerprint density at radius 1 is 1.34 bits per heavy atom. The number of fused-ring (bicyclic) bond motifs is 2. The Morgan fingerprint density at radius 3 is 2.97 bits per heavy atom. The van der Waals surface area contributed by atoms with Crippen LogP contribution in [0.4, 0.5) is 14.6 Å². The number of rotatable bonds is 3. The fourth-order valence-electron chi connectivity index (χ4n) is 3.62. The van der Waals surface area contributed by atoms with Crippen molar-refractivity contribution in [1.29, 1.82) is 0 Å². The number of thiazole rings is 1. The first-order valence-electron chi connectivity index (χ1n) is 8.84. The summed E-state index contributed by atoms with van der Waals surface area (Å²) in [6, 6.07) is 8.23. The normalized spacial score (nSPS) is 16.5. The van der Waals surface area contributed by atoms with Gasteiger partial charge in [-0.2, -0.15) is 13.5 Å². The molecule has 5 rings (SSSR count). The molecule has 4 heterocycles. The quantitative estimate of drug-likeness (QED) is 0.535. The van der Waals surface area contributed by atoms with Crippen molar-refractivity contribution in [3.8, 4) is 0 Å². The molecule has 0 unspecified atom stereocenters. The standard InChI is InChI=1S/C18H15F2N7OS/c19-18(20)27-11(7-13(21)25-27)17(28)26-6-5-10-14(23-8-22-10)15(26)16-24-9-3-1-2-4-12(9)29-16/h1-4,7-8,15,18H,5-6H2,(H2,21,25)(H,22,23)/t15-/m0/s1. The monoisotopic (exact) mass is 415 g/mol. The van der Waals surface area contributed by atoms with E-state index in [1.54, 1.807) is 6.33 Å². The molecule has 1 amide bonds. The Balaban J connectivity index is 1.62. The molecule has 3 aromatic heterocycles. The van der Waals surface area contributed by atoms with Gasteiger partial charge in [0.2, 0.25) is 0 Å². The summed E-state index contributed by atoms with van der Waals surface area (Å²) in [5.74, 6) is -0.727. The van der Waals surface area contributed by atoms with E-state index in [0.717, 1.165) is 15.9 Å². The number of hydrogen-bond donors (Lipinski definition) is 2. The Labute approximate surface area is 167 Å². The van der Waals surface area contributed by atoms with Crippen molar-refractivity contribution in [1.82, 2.24) is 29.6 Å². The zero-order chi connectivity index (χ0) is 20.1. The minimum absolute atomic E-state index is 0.136. The van der Waals surface area contributed by atoms with Crippen LogP contribution >= 0.6 is 11.3 Å². The number of nitrogen functional groups attached to an aromatic ring is 1. The molecule has 8 nitrogen and oxygen atoms in total. The molecule has 0 bridgehead atoms. The highest BCUT2D eigenvalue weighted by atomic mass is 32.1. The number of aromatic nitrogens is 5. The molecule has 0 radical (unpaired) electrons. The lowest BCUT2D eigenvalue weighted by Gasteiger charge is -2.33. The van der Waals surface area contributed by atoms with Gasteiger partial charge in [0.1, 0.15) is 22.6 Å². The SMILES string of the molecule is Nc1cc(C(=O)N2CCc3[nH]cnc3[C@H]2c2nc3ccccc3s2)n(C(F)F)n1. The molecule has 0 spiro atoms. The topological polar surface area (TPSA) is 106 Å². The molecule has 3 N–H and O–H groups in total. The van der Waals surface area contributed by atoms with Gasteiger partial charge in [0.05, 0.1) is 22.2 Å². The fraction of sp³-hybridized carbons (Fsp3) is 0.222. The third kappa shape index (κ3) is 2.85. The molecule has 1 aromatic carbocycles. The second-order valence-corrected chi connectivity index (χ2v) is 7.68. The number of nitrogens with two attached hydrogens (primary N) is 1. The van der Waals surface area contributed by atoms with Crippen molar-refractivity contribution in [2.45, 2.75) is 19.0 Å². The third-order valence-corrected chi connectivity index (χ3v) is 5.98. The maximum absolute atomic E-state index is 13.4. The Morgan fingerprint density at radius 2 is 2.17 bits per heavy atom. The van der Waals surface area contributed by atoms with Gasteiger partial charge in [0, 0.05) is 24.7 Å². The predicted molar refractivity (Wildman–Crippen MR) is 103 cm³/mol. The highest BCUT2D eigenvalue weighted by molar-refractivity contribution is 7.18. The maximum atomic E-state index is 13.4. The van der Waals surface area contributed by atoms with E-state index >= 15 is 0 Å². The van der Waals surface area contributed by atoms with Crippen molar-refractivity contribution in [2.24, 2.45) is 0 Å². The van der Waals surface area contributed by atoms with Gasteiger partial charge >= 0.3 is 6.55 Å². The molecule has 29 heavy (non-hydrogen) atoms. The van der Waals surface area contributed by atoms with E-state index in [0.29, 0.717) is 28.3 Å². The van der Waals surface area contributed by atoms with Gasteiger partial charge in [-0.3, -0.25) is 4.79 Å². The number of para-hydroxylation sites is 1. The number of nitrogens with zero attached hydrogens (tertiary/aromatic N) is 5. The number of anilines is 1. The number of amides is 1. The minimum atomic E-state index is -2.97. The summed E-state index contributed by atoms with van der Waals surface area (Å²) < 4.78 is 28.1. The molecule has 4 aromatic rings. The van der Waals surface area contributed by atoms with Crippen LogP contribution < -0.4 is 5.73 Å². The third-order valence-electron chi connectivity index (χ3n) is 4.89. The molecule has 0 saturated heterocycles. The Kier molecular flexibility index (Phi) is 4.05. The van der Waals surface area contributed by atoms with Crippen LogP contribution in [0, 0.1) is 0 Å². The van der Waals surface area contributed by atoms with Crippen molar-refractivity contribution in [2.75, 3.05) is 12.3 Å². The number of halogens is 2. The van der Waals surface area contributed by atoms with Gasteiger partial charge in [-0.15, -0.1) is 16.4 Å². The number of H-pyrrole nitrogens is 1. The van der Waals surface area contributed by atoms with Crippen LogP contribution in [0.3, 0.4) is 0 Å². The van der Waals surface area contributed by atoms with E-state index in [4.69, 9.17) is 5.73 Å². The fourth-order valence-corrected chi connectivity index (χ4v) is 4.71. The molecule has 0 saturated carbocycles. The number of alkyl halides is 2. The number of carbonyl (C=O) groups excluding carboxylic acids is 1. The number of imidazole rings is 1. The minimum Gasteiger partial charge on any atom is -0.382 e. The summed E-state index contributed by atoms with van der Waals surface area (Å²) in [5.41, 5.74) is 7.70. The highest BCUT2D eigenvalue weighted by Gasteiger charge is 2.38. The maximum Gasteiger partial charge on any atom is 0.334 e. The molecule has 148 valence electrons. The van der Waals surface area contributed by atoms with Crippen LogP contribution in [0.1, 0.15) is 39.5 Å². The summed E-state index contributed by atoms with van der Waals surface area (Å²) in [6.45, 7) is -2.65. The van der Waals surface area contributed by atoms with Gasteiger partial charge in [-0.25, -0.2) is 9.97 Å². The summed E-state index contributed by atoms with van der Waals surface area (Å²) in [4.78, 5) is 27.0. The summed E-state index contributed by atoms with van der Waals surface area (Å²) in [6.07, 6.45) is 2.10. The number of hydrogen-bond acceptors (Lipinski definition) is 6. The van der Waals surface area contributed by atoms with E-state index < -0.39 is 18.5 Å². The smallest absolute Gasteiger partial charge is 0.334 e. The molecule has 0 aliphatic carbocycles. The number of aromatic amines is 1. The van der Waals surface area contributed by atoms with Gasteiger partial charge in [-0.1, -0.05) is 12.1 Å².